The van der Waals surface area contributed by atoms with Crippen LogP contribution in [0.4, 0.5) is 0 Å². The second-order valence-corrected chi connectivity index (χ2v) is 9.54. The van der Waals surface area contributed by atoms with Crippen molar-refractivity contribution in [2.75, 3.05) is 20.7 Å². The molecule has 3 aliphatic carbocycles. The van der Waals surface area contributed by atoms with Crippen LogP contribution in [0.25, 0.3) is 5.76 Å². The maximum atomic E-state index is 13.8. The number of nitrogens with zero attached hydrogens (tertiary/aromatic N) is 2. The van der Waals surface area contributed by atoms with Gasteiger partial charge in [0.05, 0.1) is 17.3 Å². The van der Waals surface area contributed by atoms with Gasteiger partial charge in [-0.25, -0.2) is 0 Å². The zero-order valence-electron chi connectivity index (χ0n) is 20.4. The normalized spacial score (nSPS) is 28.2. The average molecular weight is 500 g/mol. The number of hydrogen-bond donors (Lipinski definition) is 5. The predicted molar refractivity (Wildman–Crippen MR) is 128 cm³/mol. The molecule has 1 aromatic carbocycles. The number of likely N-dealkylation sites (N-methyl/N-ethyl adjacent to an activating group) is 1. The van der Waals surface area contributed by atoms with E-state index in [4.69, 9.17) is 10.6 Å². The highest BCUT2D eigenvalue weighted by molar-refractivity contribution is 6.24. The van der Waals surface area contributed by atoms with Crippen molar-refractivity contribution < 1.29 is 39.6 Å². The van der Waals surface area contributed by atoms with Crippen LogP contribution in [0, 0.1) is 11.8 Å². The number of oxime groups is 1. The van der Waals surface area contributed by atoms with Crippen molar-refractivity contribution in [3.8, 4) is 5.75 Å². The van der Waals surface area contributed by atoms with Crippen LogP contribution in [0.15, 0.2) is 34.2 Å². The summed E-state index contributed by atoms with van der Waals surface area (Å²) in [6.45, 7) is 3.83. The zero-order chi connectivity index (χ0) is 26.7. The molecule has 36 heavy (non-hydrogen) atoms. The number of aliphatic hydroxyl groups is 3. The smallest absolute Gasteiger partial charge is 0.255 e. The van der Waals surface area contributed by atoms with Gasteiger partial charge in [-0.3, -0.25) is 19.3 Å². The van der Waals surface area contributed by atoms with Gasteiger partial charge in [-0.1, -0.05) is 5.16 Å². The van der Waals surface area contributed by atoms with E-state index in [0.717, 1.165) is 0 Å². The van der Waals surface area contributed by atoms with Gasteiger partial charge < -0.3 is 31.0 Å². The second kappa shape index (κ2) is 8.75. The number of rotatable bonds is 5. The van der Waals surface area contributed by atoms with Crippen molar-refractivity contribution in [1.82, 2.24) is 4.90 Å². The topological polar surface area (TPSA) is 183 Å². The van der Waals surface area contributed by atoms with E-state index in [9.17, 15) is 34.8 Å². The number of benzene rings is 1. The first kappa shape index (κ1) is 25.4. The minimum atomic E-state index is -2.66. The number of primary amides is 1. The Labute approximate surface area is 207 Å². The Morgan fingerprint density at radius 2 is 1.92 bits per heavy atom. The van der Waals surface area contributed by atoms with Crippen LogP contribution < -0.4 is 5.73 Å². The Bertz CT molecular complexity index is 1280. The molecule has 4 rings (SSSR count). The molecule has 0 aromatic heterocycles. The molecule has 4 atom stereocenters. The molecule has 1 unspecified atom stereocenters. The third kappa shape index (κ3) is 3.41. The van der Waals surface area contributed by atoms with Crippen LogP contribution in [0.1, 0.15) is 37.0 Å². The highest BCUT2D eigenvalue weighted by atomic mass is 16.6. The Morgan fingerprint density at radius 1 is 1.25 bits per heavy atom. The number of carbonyl (C=O) groups excluding carboxylic acids is 3. The molecule has 0 saturated heterocycles. The minimum Gasteiger partial charge on any atom is -0.508 e. The maximum Gasteiger partial charge on any atom is 0.255 e. The zero-order valence-corrected chi connectivity index (χ0v) is 20.4. The fourth-order valence-electron chi connectivity index (χ4n) is 5.79. The van der Waals surface area contributed by atoms with Gasteiger partial charge in [0.2, 0.25) is 5.78 Å². The lowest BCUT2D eigenvalue weighted by molar-refractivity contribution is -0.153. The number of ketones is 2. The van der Waals surface area contributed by atoms with Gasteiger partial charge in [-0.15, -0.1) is 0 Å². The van der Waals surface area contributed by atoms with Crippen molar-refractivity contribution in [2.45, 2.75) is 38.3 Å². The Kier molecular flexibility index (Phi) is 6.17. The Morgan fingerprint density at radius 3 is 2.50 bits per heavy atom. The molecule has 0 spiro atoms. The van der Waals surface area contributed by atoms with Crippen LogP contribution in [-0.2, 0) is 25.6 Å². The molecule has 1 amide bonds. The van der Waals surface area contributed by atoms with Crippen LogP contribution in [0.3, 0.4) is 0 Å². The fraction of sp³-hybridized carbons (Fsp3) is 0.440. The third-order valence-corrected chi connectivity index (χ3v) is 7.32. The second-order valence-electron chi connectivity index (χ2n) is 9.54. The Balaban J connectivity index is 1.96. The Hall–Kier alpha value is -3.70. The number of aromatic hydroxyl groups is 1. The maximum absolute atomic E-state index is 13.8. The predicted octanol–water partition coefficient (Wildman–Crippen LogP) is 0.725. The van der Waals surface area contributed by atoms with Gasteiger partial charge in [0.1, 0.15) is 29.4 Å². The molecule has 1 fully saturated rings. The van der Waals surface area contributed by atoms with E-state index in [-0.39, 0.29) is 29.7 Å². The van der Waals surface area contributed by atoms with Gasteiger partial charge in [0, 0.05) is 17.1 Å². The van der Waals surface area contributed by atoms with Crippen LogP contribution in [-0.4, -0.2) is 80.9 Å². The SMILES string of the molecule is CCO/N=C(\C)c1ccc(O)c2c1C[C@H]1C[C@H]3C(N(C)C)C(=O)C(C(N)=O)=C(O)[C@]3(O)C(=O)C1=C2O. The highest BCUT2D eigenvalue weighted by Crippen LogP contribution is 2.52. The first-order valence-electron chi connectivity index (χ1n) is 11.5. The number of nitrogens with two attached hydrogens (primary N) is 1. The fourth-order valence-corrected chi connectivity index (χ4v) is 5.79. The summed E-state index contributed by atoms with van der Waals surface area (Å²) in [5.74, 6) is -6.85. The molecular formula is C25H29N3O8. The summed E-state index contributed by atoms with van der Waals surface area (Å²) in [5, 5.41) is 48.3. The number of carbonyl (C=O) groups is 3. The molecule has 1 aromatic rings. The molecule has 11 heteroatoms. The molecule has 6 N–H and O–H groups in total. The summed E-state index contributed by atoms with van der Waals surface area (Å²) >= 11 is 0. The van der Waals surface area contributed by atoms with E-state index in [0.29, 0.717) is 23.4 Å². The van der Waals surface area contributed by atoms with Crippen LogP contribution in [0.2, 0.25) is 0 Å². The minimum absolute atomic E-state index is 0.00911. The van der Waals surface area contributed by atoms with E-state index in [1.807, 2.05) is 0 Å². The van der Waals surface area contributed by atoms with Gasteiger partial charge >= 0.3 is 0 Å². The van der Waals surface area contributed by atoms with E-state index < -0.39 is 58.0 Å². The number of fused-ring (bicyclic) bond motifs is 3. The monoisotopic (exact) mass is 499 g/mol. The van der Waals surface area contributed by atoms with Crippen molar-refractivity contribution in [3.63, 3.8) is 0 Å². The highest BCUT2D eigenvalue weighted by Gasteiger charge is 2.64. The summed E-state index contributed by atoms with van der Waals surface area (Å²) in [7, 11) is 3.11. The van der Waals surface area contributed by atoms with E-state index in [2.05, 4.69) is 5.16 Å². The molecule has 11 nitrogen and oxygen atoms in total. The van der Waals surface area contributed by atoms with Crippen molar-refractivity contribution in [2.24, 2.45) is 22.7 Å². The molecule has 0 bridgehead atoms. The number of aliphatic hydroxyl groups excluding tert-OH is 2. The van der Waals surface area contributed by atoms with Crippen molar-refractivity contribution >= 4 is 28.9 Å². The lowest BCUT2D eigenvalue weighted by Gasteiger charge is -2.50. The van der Waals surface area contributed by atoms with Gasteiger partial charge in [-0.05, 0) is 64.4 Å². The third-order valence-electron chi connectivity index (χ3n) is 7.32. The summed E-state index contributed by atoms with van der Waals surface area (Å²) in [6, 6.07) is 1.85. The quantitative estimate of drug-likeness (QED) is 0.221. The standard InChI is InChI=1S/C25H29N3O8/c1-5-36-27-10(2)12-6-7-15(29)17-13(12)8-11-9-14-19(28(3)4)21(31)18(24(26)34)23(33)25(14,35)22(32)16(11)20(17)30/h6-7,11,14,19,29-30,33,35H,5,8-9H2,1-4H3,(H2,26,34)/b27-10+/t11-,14-,19?,25+/m0/s1. The molecule has 0 aliphatic heterocycles. The van der Waals surface area contributed by atoms with E-state index >= 15 is 0 Å². The van der Waals surface area contributed by atoms with Gasteiger partial charge in [0.25, 0.3) is 5.91 Å². The molecule has 3 aliphatic rings. The molecule has 0 heterocycles. The average Bonchev–Trinajstić information content (AvgIpc) is 2.79. The summed E-state index contributed by atoms with van der Waals surface area (Å²) < 4.78 is 0. The van der Waals surface area contributed by atoms with Crippen LogP contribution >= 0.6 is 0 Å². The molecule has 1 saturated carbocycles. The number of hydrogen-bond acceptors (Lipinski definition) is 10. The van der Waals surface area contributed by atoms with Crippen molar-refractivity contribution in [1.29, 1.82) is 0 Å². The first-order valence-corrected chi connectivity index (χ1v) is 11.5. The number of phenols is 1. The molecule has 192 valence electrons. The first-order chi connectivity index (χ1) is 16.9. The molecule has 0 radical (unpaired) electrons. The summed E-state index contributed by atoms with van der Waals surface area (Å²) in [4.78, 5) is 45.6. The van der Waals surface area contributed by atoms with E-state index in [1.165, 1.54) is 11.0 Å². The largest absolute Gasteiger partial charge is 0.508 e. The number of amides is 1. The van der Waals surface area contributed by atoms with Gasteiger partial charge in [0.15, 0.2) is 11.4 Å². The number of Topliss-reactive ketones (excluding diaryl/α,β-unsaturated/α-hetero) is 2. The van der Waals surface area contributed by atoms with Crippen molar-refractivity contribution in [3.05, 3.63) is 45.7 Å². The molecular weight excluding hydrogens is 470 g/mol. The number of phenolic OH excluding ortho intramolecular Hbond substituents is 1. The lowest BCUT2D eigenvalue weighted by atomic mass is 9.57. The lowest BCUT2D eigenvalue weighted by Crippen LogP contribution is -2.65. The summed E-state index contributed by atoms with van der Waals surface area (Å²) in [6.07, 6.45) is 0.194. The van der Waals surface area contributed by atoms with Gasteiger partial charge in [-0.2, -0.15) is 0 Å². The summed E-state index contributed by atoms with van der Waals surface area (Å²) in [5.41, 5.74) is 3.25. The van der Waals surface area contributed by atoms with Crippen LogP contribution in [0.5, 0.6) is 5.75 Å². The van der Waals surface area contributed by atoms with E-state index in [1.54, 1.807) is 34.0 Å².